The van der Waals surface area contributed by atoms with Crippen LogP contribution in [-0.4, -0.2) is 68.5 Å². The van der Waals surface area contributed by atoms with Crippen molar-refractivity contribution in [1.29, 1.82) is 0 Å². The topological polar surface area (TPSA) is 108 Å². The highest BCUT2D eigenvalue weighted by atomic mass is 31.2. The number of aliphatic hydroxyl groups is 1. The van der Waals surface area contributed by atoms with Gasteiger partial charge in [0.2, 0.25) is 5.91 Å². The number of unbranched alkanes of at least 4 members (excludes halogenated alkanes) is 45. The monoisotopic (exact) mass is 1130 g/mol. The summed E-state index contributed by atoms with van der Waals surface area (Å²) in [6.45, 7) is 4.67. The largest absolute Gasteiger partial charge is 0.756 e. The summed E-state index contributed by atoms with van der Waals surface area (Å²) in [5, 5.41) is 13.9. The minimum Gasteiger partial charge on any atom is -0.756 e. The molecule has 0 aromatic heterocycles. The fourth-order valence-corrected chi connectivity index (χ4v) is 11.1. The van der Waals surface area contributed by atoms with Gasteiger partial charge in [-0.05, 0) is 64.2 Å². The van der Waals surface area contributed by atoms with Gasteiger partial charge in [-0.3, -0.25) is 9.36 Å². The van der Waals surface area contributed by atoms with Crippen molar-refractivity contribution >= 4 is 13.7 Å². The fraction of sp³-hybridized carbons (Fsp3) is 0.871. The van der Waals surface area contributed by atoms with E-state index in [4.69, 9.17) is 9.05 Å². The van der Waals surface area contributed by atoms with E-state index in [0.717, 1.165) is 44.9 Å². The molecular formula is C70H135N2O6P. The van der Waals surface area contributed by atoms with Crippen molar-refractivity contribution in [2.24, 2.45) is 0 Å². The Balaban J connectivity index is 4.11. The molecule has 0 heterocycles. The smallest absolute Gasteiger partial charge is 0.268 e. The molecule has 0 saturated carbocycles. The summed E-state index contributed by atoms with van der Waals surface area (Å²) in [7, 11) is 1.25. The van der Waals surface area contributed by atoms with Crippen LogP contribution in [0.1, 0.15) is 341 Å². The molecule has 79 heavy (non-hydrogen) atoms. The Bertz CT molecular complexity index is 1430. The van der Waals surface area contributed by atoms with Gasteiger partial charge in [-0.2, -0.15) is 0 Å². The van der Waals surface area contributed by atoms with E-state index in [0.29, 0.717) is 17.4 Å². The van der Waals surface area contributed by atoms with E-state index in [1.165, 1.54) is 276 Å². The van der Waals surface area contributed by atoms with Crippen molar-refractivity contribution < 1.29 is 32.9 Å². The lowest BCUT2D eigenvalue weighted by Gasteiger charge is -2.29. The van der Waals surface area contributed by atoms with Gasteiger partial charge in [-0.25, -0.2) is 0 Å². The zero-order valence-electron chi connectivity index (χ0n) is 53.3. The maximum Gasteiger partial charge on any atom is 0.268 e. The van der Waals surface area contributed by atoms with E-state index >= 15 is 0 Å². The highest BCUT2D eigenvalue weighted by molar-refractivity contribution is 7.45. The van der Waals surface area contributed by atoms with E-state index in [9.17, 15) is 19.4 Å². The normalized spacial score (nSPS) is 14.0. The van der Waals surface area contributed by atoms with Gasteiger partial charge in [0, 0.05) is 6.42 Å². The minimum absolute atomic E-state index is 0.00597. The molecule has 0 fully saturated rings. The number of nitrogens with zero attached hydrogens (tertiary/aromatic N) is 1. The summed E-state index contributed by atoms with van der Waals surface area (Å²) < 4.78 is 23.4. The van der Waals surface area contributed by atoms with Crippen LogP contribution in [0.3, 0.4) is 0 Å². The molecular weight excluding hydrogens is 996 g/mol. The summed E-state index contributed by atoms with van der Waals surface area (Å²) in [6.07, 6.45) is 82.3. The first kappa shape index (κ1) is 77.5. The molecule has 3 unspecified atom stereocenters. The lowest BCUT2D eigenvalue weighted by Crippen LogP contribution is -2.45. The molecule has 2 N–H and O–H groups in total. The van der Waals surface area contributed by atoms with Crippen molar-refractivity contribution in [2.45, 2.75) is 353 Å². The molecule has 0 radical (unpaired) electrons. The Kier molecular flexibility index (Phi) is 59.8. The first-order chi connectivity index (χ1) is 38.5. The van der Waals surface area contributed by atoms with Crippen LogP contribution in [0.4, 0.5) is 0 Å². The number of likely N-dealkylation sites (N-methyl/N-ethyl adjacent to an activating group) is 1. The van der Waals surface area contributed by atoms with Gasteiger partial charge in [0.05, 0.1) is 39.9 Å². The molecule has 3 atom stereocenters. The second-order valence-corrected chi connectivity index (χ2v) is 26.3. The summed E-state index contributed by atoms with van der Waals surface area (Å²) in [5.41, 5.74) is 0. The lowest BCUT2D eigenvalue weighted by atomic mass is 10.0. The number of carbonyl (C=O) groups is 1. The molecule has 0 rings (SSSR count). The molecule has 0 bridgehead atoms. The summed E-state index contributed by atoms with van der Waals surface area (Å²) in [6, 6.07) is -0.906. The highest BCUT2D eigenvalue weighted by Gasteiger charge is 2.23. The first-order valence-corrected chi connectivity index (χ1v) is 36.0. The number of amides is 1. The van der Waals surface area contributed by atoms with E-state index in [1.54, 1.807) is 6.08 Å². The minimum atomic E-state index is -4.61. The molecule has 0 aliphatic carbocycles. The zero-order chi connectivity index (χ0) is 57.7. The SMILES string of the molecule is CCCCCCC/C=C\C/C=C\CCCCCCCCCCCCCCCCCC(=O)NC(COP(=O)([O-])OCC[N+](C)(C)C)C(O)/C=C/CC/C=C/CCCCCCCCCCCCCCCCCCCCCCCCCC. The molecule has 0 aromatic carbocycles. The van der Waals surface area contributed by atoms with Crippen LogP contribution < -0.4 is 10.2 Å². The second kappa shape index (κ2) is 61.0. The van der Waals surface area contributed by atoms with Crippen LogP contribution in [-0.2, 0) is 18.4 Å². The molecule has 1 amide bonds. The standard InChI is InChI=1S/C70H135N2O6P/c1-6-8-10-12-14-16-18-20-22-24-26-28-30-32-34-35-36-38-39-41-43-45-47-49-51-53-55-57-59-61-63-69(73)68(67-78-79(75,76)77-66-65-72(3,4)5)71-70(74)64-62-60-58-56-54-52-50-48-46-44-42-40-37-33-31-29-27-25-23-21-19-17-15-13-11-9-7-2/h19,21,25,27,53,55,61,63,68-69,73H,6-18,20,22-24,26,28-52,54,56-60,62,64-67H2,1-5H3,(H-,71,74,75,76)/b21-19-,27-25-,55-53+,63-61+. The third kappa shape index (κ3) is 63.9. The summed E-state index contributed by atoms with van der Waals surface area (Å²) in [4.78, 5) is 25.6. The Morgan fingerprint density at radius 3 is 1.10 bits per heavy atom. The predicted octanol–water partition coefficient (Wildman–Crippen LogP) is 21.2. The number of quaternary nitrogens is 1. The fourth-order valence-electron chi connectivity index (χ4n) is 10.4. The van der Waals surface area contributed by atoms with Gasteiger partial charge in [0.25, 0.3) is 7.82 Å². The average molecular weight is 1130 g/mol. The van der Waals surface area contributed by atoms with Gasteiger partial charge in [-0.15, -0.1) is 0 Å². The lowest BCUT2D eigenvalue weighted by molar-refractivity contribution is -0.870. The van der Waals surface area contributed by atoms with Crippen LogP contribution in [0.2, 0.25) is 0 Å². The molecule has 0 aromatic rings. The van der Waals surface area contributed by atoms with Gasteiger partial charge in [0.15, 0.2) is 0 Å². The molecule has 0 aliphatic heterocycles. The van der Waals surface area contributed by atoms with Crippen LogP contribution in [0.5, 0.6) is 0 Å². The van der Waals surface area contributed by atoms with Crippen molar-refractivity contribution in [2.75, 3.05) is 40.9 Å². The molecule has 0 spiro atoms. The molecule has 0 aliphatic rings. The number of phosphoric ester groups is 1. The van der Waals surface area contributed by atoms with Crippen LogP contribution in [0.15, 0.2) is 48.6 Å². The number of allylic oxidation sites excluding steroid dienone is 7. The maximum atomic E-state index is 13.0. The van der Waals surface area contributed by atoms with Crippen molar-refractivity contribution in [3.05, 3.63) is 48.6 Å². The third-order valence-electron chi connectivity index (χ3n) is 15.8. The highest BCUT2D eigenvalue weighted by Crippen LogP contribution is 2.38. The van der Waals surface area contributed by atoms with E-state index in [-0.39, 0.29) is 12.5 Å². The number of phosphoric acid groups is 1. The van der Waals surface area contributed by atoms with Crippen LogP contribution >= 0.6 is 7.82 Å². The Morgan fingerprint density at radius 2 is 0.747 bits per heavy atom. The zero-order valence-corrected chi connectivity index (χ0v) is 54.2. The Labute approximate surface area is 492 Å². The van der Waals surface area contributed by atoms with E-state index in [1.807, 2.05) is 27.2 Å². The molecule has 8 nitrogen and oxygen atoms in total. The number of aliphatic hydroxyl groups excluding tert-OH is 1. The molecule has 0 saturated heterocycles. The Morgan fingerprint density at radius 1 is 0.443 bits per heavy atom. The quantitative estimate of drug-likeness (QED) is 0.0272. The number of rotatable bonds is 64. The van der Waals surface area contributed by atoms with Crippen molar-refractivity contribution in [3.8, 4) is 0 Å². The van der Waals surface area contributed by atoms with Gasteiger partial charge in [0.1, 0.15) is 13.2 Å². The second-order valence-electron chi connectivity index (χ2n) is 24.9. The Hall–Kier alpha value is -1.54. The van der Waals surface area contributed by atoms with E-state index < -0.39 is 26.6 Å². The summed E-state index contributed by atoms with van der Waals surface area (Å²) in [5.74, 6) is -0.203. The third-order valence-corrected chi connectivity index (χ3v) is 16.7. The van der Waals surface area contributed by atoms with Gasteiger partial charge < -0.3 is 28.8 Å². The number of hydrogen-bond donors (Lipinski definition) is 2. The number of nitrogens with one attached hydrogen (secondary N) is 1. The molecule has 9 heteroatoms. The van der Waals surface area contributed by atoms with Crippen LogP contribution in [0.25, 0.3) is 0 Å². The van der Waals surface area contributed by atoms with Crippen LogP contribution in [0, 0.1) is 0 Å². The van der Waals surface area contributed by atoms with E-state index in [2.05, 4.69) is 55.6 Å². The maximum absolute atomic E-state index is 13.0. The van der Waals surface area contributed by atoms with Gasteiger partial charge in [-0.1, -0.05) is 319 Å². The molecule has 466 valence electrons. The summed E-state index contributed by atoms with van der Waals surface area (Å²) >= 11 is 0. The first-order valence-electron chi connectivity index (χ1n) is 34.5. The number of hydrogen-bond acceptors (Lipinski definition) is 6. The van der Waals surface area contributed by atoms with Crippen molar-refractivity contribution in [1.82, 2.24) is 5.32 Å². The predicted molar refractivity (Wildman–Crippen MR) is 344 cm³/mol. The number of carbonyl (C=O) groups excluding carboxylic acids is 1. The average Bonchev–Trinajstić information content (AvgIpc) is 3.42. The van der Waals surface area contributed by atoms with Gasteiger partial charge >= 0.3 is 0 Å². The van der Waals surface area contributed by atoms with Crippen molar-refractivity contribution in [3.63, 3.8) is 0 Å².